The summed E-state index contributed by atoms with van der Waals surface area (Å²) in [7, 11) is 0. The average Bonchev–Trinajstić information content (AvgIpc) is 3.44. The zero-order valence-electron chi connectivity index (χ0n) is 22.5. The van der Waals surface area contributed by atoms with E-state index in [-0.39, 0.29) is 18.2 Å². The van der Waals surface area contributed by atoms with E-state index in [0.29, 0.717) is 23.4 Å². The molecular formula is C31H36N4O3. The van der Waals surface area contributed by atoms with Gasteiger partial charge in [-0.3, -0.25) is 29.3 Å². The summed E-state index contributed by atoms with van der Waals surface area (Å²) in [4.78, 5) is 39.2. The number of nitrogens with one attached hydrogen (secondary N) is 1. The number of anilines is 1. The van der Waals surface area contributed by atoms with E-state index in [1.54, 1.807) is 4.90 Å². The van der Waals surface area contributed by atoms with Crippen LogP contribution in [0.2, 0.25) is 0 Å². The van der Waals surface area contributed by atoms with Crippen molar-refractivity contribution in [2.45, 2.75) is 84.2 Å². The lowest BCUT2D eigenvalue weighted by Crippen LogP contribution is -2.53. The number of carbonyl (C=O) groups is 3. The number of amides is 3. The molecule has 0 radical (unpaired) electrons. The topological polar surface area (TPSA) is 84.3 Å². The van der Waals surface area contributed by atoms with Gasteiger partial charge in [-0.2, -0.15) is 5.10 Å². The highest BCUT2D eigenvalue weighted by atomic mass is 16.2. The third-order valence-corrected chi connectivity index (χ3v) is 8.48. The molecule has 0 spiro atoms. The highest BCUT2D eigenvalue weighted by Gasteiger charge is 2.40. The normalized spacial score (nSPS) is 23.8. The maximum absolute atomic E-state index is 13.4. The molecule has 3 aromatic rings. The lowest BCUT2D eigenvalue weighted by Gasteiger charge is -2.32. The Morgan fingerprint density at radius 1 is 1.00 bits per heavy atom. The highest BCUT2D eigenvalue weighted by Crippen LogP contribution is 2.42. The third kappa shape index (κ3) is 4.52. The molecule has 1 saturated heterocycles. The molecule has 3 amide bonds. The van der Waals surface area contributed by atoms with Crippen molar-refractivity contribution in [1.82, 2.24) is 15.1 Å². The third-order valence-electron chi connectivity index (χ3n) is 8.48. The summed E-state index contributed by atoms with van der Waals surface area (Å²) >= 11 is 0. The van der Waals surface area contributed by atoms with Crippen molar-refractivity contribution in [2.75, 3.05) is 4.90 Å². The van der Waals surface area contributed by atoms with Gasteiger partial charge < -0.3 is 0 Å². The van der Waals surface area contributed by atoms with Crippen LogP contribution in [0.25, 0.3) is 10.8 Å². The Labute approximate surface area is 223 Å². The van der Waals surface area contributed by atoms with Gasteiger partial charge in [0.2, 0.25) is 11.8 Å². The predicted octanol–water partition coefficient (Wildman–Crippen LogP) is 5.56. The molecule has 1 aliphatic carbocycles. The number of rotatable bonds is 5. The SMILES string of the molecule is CC(C)(C)C[C@H]1CC[C@@H](n2cc(Cc3ccc4c5c(cccc35)C(=O)N4C3CCC(=O)NC3=O)cn2)CC1. The molecule has 3 aliphatic rings. The van der Waals surface area contributed by atoms with Crippen molar-refractivity contribution in [3.05, 3.63) is 59.4 Å². The number of carbonyl (C=O) groups excluding carboxylic acids is 3. The second-order valence-electron chi connectivity index (χ2n) is 12.6. The molecule has 1 atom stereocenters. The number of hydrogen-bond acceptors (Lipinski definition) is 4. The largest absolute Gasteiger partial charge is 0.295 e. The first-order chi connectivity index (χ1) is 18.2. The molecule has 2 aliphatic heterocycles. The van der Waals surface area contributed by atoms with Gasteiger partial charge in [-0.1, -0.05) is 39.0 Å². The van der Waals surface area contributed by atoms with Gasteiger partial charge >= 0.3 is 0 Å². The molecule has 1 aromatic heterocycles. The van der Waals surface area contributed by atoms with Crippen LogP contribution >= 0.6 is 0 Å². The minimum absolute atomic E-state index is 0.174. The van der Waals surface area contributed by atoms with E-state index in [2.05, 4.69) is 49.1 Å². The Balaban J connectivity index is 1.22. The van der Waals surface area contributed by atoms with Gasteiger partial charge in [0.15, 0.2) is 0 Å². The van der Waals surface area contributed by atoms with E-state index in [0.717, 1.165) is 39.9 Å². The van der Waals surface area contributed by atoms with Crippen LogP contribution < -0.4 is 10.2 Å². The standard InChI is InChI=1S/C31H36N4O3/c1-31(2,3)16-19-7-10-22(11-8-19)34-18-20(17-32-34)15-21-9-12-25-28-23(21)5-4-6-24(28)30(38)35(25)26-13-14-27(36)33-29(26)37/h4-6,9,12,17-19,22,26H,7-8,10-11,13-16H2,1-3H3,(H,33,36,37)/t19-,22+,26?. The molecular weight excluding hydrogens is 476 g/mol. The minimum atomic E-state index is -0.668. The molecule has 38 heavy (non-hydrogen) atoms. The van der Waals surface area contributed by atoms with E-state index in [9.17, 15) is 14.4 Å². The molecule has 3 heterocycles. The number of hydrogen-bond donors (Lipinski definition) is 1. The van der Waals surface area contributed by atoms with E-state index >= 15 is 0 Å². The Kier molecular flexibility index (Phi) is 6.12. The van der Waals surface area contributed by atoms with Crippen molar-refractivity contribution in [3.8, 4) is 0 Å². The number of nitrogens with zero attached hydrogens (tertiary/aromatic N) is 3. The Hall–Kier alpha value is -3.48. The zero-order valence-corrected chi connectivity index (χ0v) is 22.5. The summed E-state index contributed by atoms with van der Waals surface area (Å²) < 4.78 is 2.16. The van der Waals surface area contributed by atoms with E-state index in [1.807, 2.05) is 24.4 Å². The first-order valence-corrected chi connectivity index (χ1v) is 13.9. The fourth-order valence-electron chi connectivity index (χ4n) is 6.83. The molecule has 2 aromatic carbocycles. The predicted molar refractivity (Wildman–Crippen MR) is 147 cm³/mol. The number of piperidine rings is 1. The summed E-state index contributed by atoms with van der Waals surface area (Å²) in [5, 5.41) is 9.05. The van der Waals surface area contributed by atoms with Crippen molar-refractivity contribution in [2.24, 2.45) is 11.3 Å². The molecule has 0 bridgehead atoms. The smallest absolute Gasteiger partial charge is 0.259 e. The van der Waals surface area contributed by atoms with Crippen LogP contribution in [0, 0.1) is 11.3 Å². The van der Waals surface area contributed by atoms with Crippen LogP contribution in [-0.4, -0.2) is 33.5 Å². The minimum Gasteiger partial charge on any atom is -0.295 e. The Morgan fingerprint density at radius 2 is 1.79 bits per heavy atom. The maximum atomic E-state index is 13.4. The fraction of sp³-hybridized carbons (Fsp3) is 0.484. The summed E-state index contributed by atoms with van der Waals surface area (Å²) in [5.41, 5.74) is 4.05. The molecule has 198 valence electrons. The summed E-state index contributed by atoms with van der Waals surface area (Å²) in [6.45, 7) is 7.00. The summed E-state index contributed by atoms with van der Waals surface area (Å²) in [6.07, 6.45) is 11.7. The van der Waals surface area contributed by atoms with Crippen molar-refractivity contribution >= 4 is 34.2 Å². The van der Waals surface area contributed by atoms with Crippen LogP contribution in [-0.2, 0) is 16.0 Å². The average molecular weight is 513 g/mol. The van der Waals surface area contributed by atoms with Gasteiger partial charge in [-0.05, 0) is 78.5 Å². The van der Waals surface area contributed by atoms with E-state index < -0.39 is 11.9 Å². The molecule has 1 saturated carbocycles. The second-order valence-corrected chi connectivity index (χ2v) is 12.6. The van der Waals surface area contributed by atoms with Gasteiger partial charge in [0.1, 0.15) is 6.04 Å². The molecule has 1 unspecified atom stereocenters. The second kappa shape index (κ2) is 9.37. The van der Waals surface area contributed by atoms with E-state index in [1.165, 1.54) is 32.1 Å². The fourth-order valence-corrected chi connectivity index (χ4v) is 6.83. The first kappa shape index (κ1) is 24.8. The monoisotopic (exact) mass is 512 g/mol. The molecule has 6 rings (SSSR count). The molecule has 2 fully saturated rings. The highest BCUT2D eigenvalue weighted by molar-refractivity contribution is 6.27. The number of imide groups is 1. The van der Waals surface area contributed by atoms with Gasteiger partial charge in [0, 0.05) is 30.0 Å². The number of benzene rings is 2. The van der Waals surface area contributed by atoms with E-state index in [4.69, 9.17) is 5.10 Å². The zero-order chi connectivity index (χ0) is 26.6. The number of aromatic nitrogens is 2. The maximum Gasteiger partial charge on any atom is 0.259 e. The van der Waals surface area contributed by atoms with Gasteiger partial charge in [-0.15, -0.1) is 0 Å². The van der Waals surface area contributed by atoms with Gasteiger partial charge in [-0.25, -0.2) is 0 Å². The van der Waals surface area contributed by atoms with Crippen LogP contribution in [0.3, 0.4) is 0 Å². The molecule has 1 N–H and O–H groups in total. The Morgan fingerprint density at radius 3 is 2.53 bits per heavy atom. The Bertz CT molecular complexity index is 1420. The van der Waals surface area contributed by atoms with Crippen molar-refractivity contribution < 1.29 is 14.4 Å². The lowest BCUT2D eigenvalue weighted by atomic mass is 9.76. The van der Waals surface area contributed by atoms with Crippen molar-refractivity contribution in [3.63, 3.8) is 0 Å². The molecule has 7 heteroatoms. The quantitative estimate of drug-likeness (QED) is 0.454. The first-order valence-electron chi connectivity index (χ1n) is 13.9. The van der Waals surface area contributed by atoms with Crippen molar-refractivity contribution in [1.29, 1.82) is 0 Å². The molecule has 7 nitrogen and oxygen atoms in total. The lowest BCUT2D eigenvalue weighted by molar-refractivity contribution is -0.134. The van der Waals surface area contributed by atoms with Crippen LogP contribution in [0.1, 0.15) is 93.2 Å². The van der Waals surface area contributed by atoms with Crippen LogP contribution in [0.5, 0.6) is 0 Å². The summed E-state index contributed by atoms with van der Waals surface area (Å²) in [5.74, 6) is -0.0432. The summed E-state index contributed by atoms with van der Waals surface area (Å²) in [6, 6.07) is 9.62. The van der Waals surface area contributed by atoms with Gasteiger partial charge in [0.25, 0.3) is 5.91 Å². The van der Waals surface area contributed by atoms with Crippen LogP contribution in [0.4, 0.5) is 5.69 Å². The van der Waals surface area contributed by atoms with Gasteiger partial charge in [0.05, 0.1) is 17.9 Å². The van der Waals surface area contributed by atoms with Crippen LogP contribution in [0.15, 0.2) is 42.7 Å².